The van der Waals surface area contributed by atoms with Crippen LogP contribution >= 0.6 is 27.3 Å². The first kappa shape index (κ1) is 18.5. The van der Waals surface area contributed by atoms with Crippen molar-refractivity contribution in [2.75, 3.05) is 5.32 Å². The minimum atomic E-state index is -0.641. The standard InChI is InChI=1S/C17H18BrN5O2S/c1-9(2)5-12(16(24)22-14-3-4-20-23-14)21-17(25)13-6-10-7-19-8-11(18)15(10)26-13/h3-4,6-9,12H,5H2,1-2H3,(H,21,25)(H2,20,22,23,24). The number of carbonyl (C=O) groups is 2. The summed E-state index contributed by atoms with van der Waals surface area (Å²) in [7, 11) is 0. The second-order valence-corrected chi connectivity index (χ2v) is 8.17. The predicted molar refractivity (Wildman–Crippen MR) is 105 cm³/mol. The van der Waals surface area contributed by atoms with Crippen LogP contribution in [0.2, 0.25) is 0 Å². The third-order valence-electron chi connectivity index (χ3n) is 3.69. The van der Waals surface area contributed by atoms with E-state index in [2.05, 4.69) is 41.7 Å². The summed E-state index contributed by atoms with van der Waals surface area (Å²) in [5.41, 5.74) is 0. The van der Waals surface area contributed by atoms with Crippen molar-refractivity contribution in [2.24, 2.45) is 5.92 Å². The number of hydrogen-bond donors (Lipinski definition) is 3. The predicted octanol–water partition coefficient (Wildman–Crippen LogP) is 3.57. The third kappa shape index (κ3) is 4.28. The maximum Gasteiger partial charge on any atom is 0.262 e. The maximum absolute atomic E-state index is 12.7. The van der Waals surface area contributed by atoms with E-state index in [4.69, 9.17) is 0 Å². The Kier molecular flexibility index (Phi) is 5.67. The van der Waals surface area contributed by atoms with Crippen molar-refractivity contribution < 1.29 is 9.59 Å². The van der Waals surface area contributed by atoms with Gasteiger partial charge in [-0.1, -0.05) is 13.8 Å². The summed E-state index contributed by atoms with van der Waals surface area (Å²) in [5, 5.41) is 12.9. The first-order valence-corrected chi connectivity index (χ1v) is 9.69. The van der Waals surface area contributed by atoms with Gasteiger partial charge >= 0.3 is 0 Å². The summed E-state index contributed by atoms with van der Waals surface area (Å²) in [6.07, 6.45) is 5.49. The molecule has 3 rings (SSSR count). The van der Waals surface area contributed by atoms with E-state index in [0.29, 0.717) is 17.1 Å². The number of halogens is 1. The van der Waals surface area contributed by atoms with Gasteiger partial charge < -0.3 is 10.6 Å². The van der Waals surface area contributed by atoms with Crippen LogP contribution in [-0.4, -0.2) is 33.0 Å². The summed E-state index contributed by atoms with van der Waals surface area (Å²) < 4.78 is 1.79. The zero-order chi connectivity index (χ0) is 18.7. The van der Waals surface area contributed by atoms with Gasteiger partial charge in [0.15, 0.2) is 0 Å². The summed E-state index contributed by atoms with van der Waals surface area (Å²) in [6, 6.07) is 2.80. The van der Waals surface area contributed by atoms with Gasteiger partial charge in [0.2, 0.25) is 5.91 Å². The van der Waals surface area contributed by atoms with Gasteiger partial charge in [-0.15, -0.1) is 11.3 Å². The van der Waals surface area contributed by atoms with Crippen LogP contribution < -0.4 is 10.6 Å². The minimum Gasteiger partial charge on any atom is -0.340 e. The molecule has 2 amide bonds. The Bertz CT molecular complexity index is 923. The quantitative estimate of drug-likeness (QED) is 0.550. The molecule has 3 N–H and O–H groups in total. The lowest BCUT2D eigenvalue weighted by atomic mass is 10.0. The number of nitrogens with one attached hydrogen (secondary N) is 3. The van der Waals surface area contributed by atoms with Gasteiger partial charge in [-0.2, -0.15) is 5.10 Å². The number of fused-ring (bicyclic) bond motifs is 1. The highest BCUT2D eigenvalue weighted by Gasteiger charge is 2.24. The second-order valence-electron chi connectivity index (χ2n) is 6.27. The third-order valence-corrected chi connectivity index (χ3v) is 5.74. The van der Waals surface area contributed by atoms with Crippen molar-refractivity contribution in [2.45, 2.75) is 26.3 Å². The fraction of sp³-hybridized carbons (Fsp3) is 0.294. The van der Waals surface area contributed by atoms with Crippen LogP contribution in [0.15, 0.2) is 35.2 Å². The van der Waals surface area contributed by atoms with E-state index in [1.807, 2.05) is 13.8 Å². The number of anilines is 1. The molecule has 26 heavy (non-hydrogen) atoms. The second kappa shape index (κ2) is 7.96. The molecule has 0 aliphatic carbocycles. The Morgan fingerprint density at radius 2 is 2.15 bits per heavy atom. The number of aromatic amines is 1. The lowest BCUT2D eigenvalue weighted by Crippen LogP contribution is -2.44. The van der Waals surface area contributed by atoms with Crippen molar-refractivity contribution in [3.63, 3.8) is 0 Å². The molecule has 0 aliphatic heterocycles. The van der Waals surface area contributed by atoms with Gasteiger partial charge in [0.25, 0.3) is 5.91 Å². The number of H-pyrrole nitrogens is 1. The number of amides is 2. The summed E-state index contributed by atoms with van der Waals surface area (Å²) in [5.74, 6) is 0.187. The summed E-state index contributed by atoms with van der Waals surface area (Å²) in [6.45, 7) is 4.01. The van der Waals surface area contributed by atoms with Crippen molar-refractivity contribution in [1.82, 2.24) is 20.5 Å². The molecule has 9 heteroatoms. The SMILES string of the molecule is CC(C)CC(NC(=O)c1cc2cncc(Br)c2s1)C(=O)Nc1ccn[nH]1. The Morgan fingerprint density at radius 1 is 1.35 bits per heavy atom. The molecule has 3 aromatic heterocycles. The number of aromatic nitrogens is 3. The van der Waals surface area contributed by atoms with Gasteiger partial charge in [0.1, 0.15) is 11.9 Å². The Labute approximate surface area is 162 Å². The van der Waals surface area contributed by atoms with Crippen LogP contribution in [0.5, 0.6) is 0 Å². The molecule has 136 valence electrons. The molecule has 0 spiro atoms. The number of carbonyl (C=O) groups excluding carboxylic acids is 2. The van der Waals surface area contributed by atoms with Crippen molar-refractivity contribution in [1.29, 1.82) is 0 Å². The van der Waals surface area contributed by atoms with E-state index in [1.165, 1.54) is 11.3 Å². The lowest BCUT2D eigenvalue weighted by Gasteiger charge is -2.19. The molecule has 0 bridgehead atoms. The molecule has 3 heterocycles. The highest BCUT2D eigenvalue weighted by atomic mass is 79.9. The van der Waals surface area contributed by atoms with Crippen LogP contribution in [-0.2, 0) is 4.79 Å². The summed E-state index contributed by atoms with van der Waals surface area (Å²) in [4.78, 5) is 29.9. The number of hydrogen-bond acceptors (Lipinski definition) is 5. The zero-order valence-electron chi connectivity index (χ0n) is 14.2. The first-order chi connectivity index (χ1) is 12.4. The van der Waals surface area contributed by atoms with E-state index in [1.54, 1.807) is 30.7 Å². The van der Waals surface area contributed by atoms with Crippen LogP contribution in [0, 0.1) is 5.92 Å². The number of rotatable bonds is 6. The van der Waals surface area contributed by atoms with Crippen LogP contribution in [0.1, 0.15) is 29.9 Å². The molecule has 1 unspecified atom stereocenters. The topological polar surface area (TPSA) is 99.8 Å². The van der Waals surface area contributed by atoms with Gasteiger partial charge in [-0.25, -0.2) is 0 Å². The largest absolute Gasteiger partial charge is 0.340 e. The maximum atomic E-state index is 12.7. The van der Waals surface area contributed by atoms with Gasteiger partial charge in [0, 0.05) is 23.8 Å². The molecular formula is C17H18BrN5O2S. The first-order valence-electron chi connectivity index (χ1n) is 8.08. The molecule has 0 saturated heterocycles. The van der Waals surface area contributed by atoms with Crippen molar-refractivity contribution >= 4 is 55.0 Å². The van der Waals surface area contributed by atoms with E-state index in [0.717, 1.165) is 14.6 Å². The number of pyridine rings is 1. The smallest absolute Gasteiger partial charge is 0.262 e. The van der Waals surface area contributed by atoms with E-state index >= 15 is 0 Å². The molecule has 0 aromatic carbocycles. The molecular weight excluding hydrogens is 418 g/mol. The molecule has 1 atom stereocenters. The van der Waals surface area contributed by atoms with Gasteiger partial charge in [-0.05, 0) is 34.3 Å². The van der Waals surface area contributed by atoms with Crippen LogP contribution in [0.25, 0.3) is 10.1 Å². The fourth-order valence-corrected chi connectivity index (χ4v) is 4.05. The monoisotopic (exact) mass is 435 g/mol. The number of nitrogens with zero attached hydrogens (tertiary/aromatic N) is 2. The van der Waals surface area contributed by atoms with Crippen LogP contribution in [0.3, 0.4) is 0 Å². The molecule has 0 aliphatic rings. The molecule has 0 radical (unpaired) electrons. The molecule has 0 fully saturated rings. The normalized spacial score (nSPS) is 12.3. The van der Waals surface area contributed by atoms with Gasteiger partial charge in [-0.3, -0.25) is 19.7 Å². The van der Waals surface area contributed by atoms with E-state index in [-0.39, 0.29) is 17.7 Å². The minimum absolute atomic E-state index is 0.244. The lowest BCUT2D eigenvalue weighted by molar-refractivity contribution is -0.118. The highest BCUT2D eigenvalue weighted by molar-refractivity contribution is 9.10. The molecule has 7 nitrogen and oxygen atoms in total. The van der Waals surface area contributed by atoms with Gasteiger partial charge in [0.05, 0.1) is 20.2 Å². The Balaban J connectivity index is 1.77. The molecule has 3 aromatic rings. The van der Waals surface area contributed by atoms with Crippen molar-refractivity contribution in [3.8, 4) is 0 Å². The average Bonchev–Trinajstić information content (AvgIpc) is 3.23. The zero-order valence-corrected chi connectivity index (χ0v) is 16.6. The van der Waals surface area contributed by atoms with E-state index < -0.39 is 6.04 Å². The Morgan fingerprint density at radius 3 is 2.81 bits per heavy atom. The fourth-order valence-electron chi connectivity index (χ4n) is 2.52. The van der Waals surface area contributed by atoms with E-state index in [9.17, 15) is 9.59 Å². The van der Waals surface area contributed by atoms with Crippen molar-refractivity contribution in [3.05, 3.63) is 40.1 Å². The summed E-state index contributed by atoms with van der Waals surface area (Å²) >= 11 is 4.81. The number of thiophene rings is 1. The molecule has 0 saturated carbocycles. The highest BCUT2D eigenvalue weighted by Crippen LogP contribution is 2.31. The van der Waals surface area contributed by atoms with Crippen LogP contribution in [0.4, 0.5) is 5.82 Å². The average molecular weight is 436 g/mol. The Hall–Kier alpha value is -2.26.